The molecule has 0 atom stereocenters. The first-order chi connectivity index (χ1) is 17.0. The van der Waals surface area contributed by atoms with E-state index < -0.39 is 0 Å². The molecule has 1 fully saturated rings. The van der Waals surface area contributed by atoms with Crippen LogP contribution in [0.1, 0.15) is 33.2 Å². The van der Waals surface area contributed by atoms with E-state index >= 15 is 0 Å². The maximum atomic E-state index is 12.8. The summed E-state index contributed by atoms with van der Waals surface area (Å²) < 4.78 is 10.5. The minimum atomic E-state index is -0.224. The molecule has 1 aliphatic rings. The summed E-state index contributed by atoms with van der Waals surface area (Å²) in [6.07, 6.45) is 0.964. The predicted octanol–water partition coefficient (Wildman–Crippen LogP) is 4.48. The van der Waals surface area contributed by atoms with Crippen molar-refractivity contribution >= 4 is 23.2 Å². The summed E-state index contributed by atoms with van der Waals surface area (Å²) in [5.74, 6) is 0.939. The maximum Gasteiger partial charge on any atom is 0.255 e. The van der Waals surface area contributed by atoms with Crippen molar-refractivity contribution < 1.29 is 19.1 Å². The molecule has 1 heterocycles. The summed E-state index contributed by atoms with van der Waals surface area (Å²) in [7, 11) is 3.10. The van der Waals surface area contributed by atoms with Gasteiger partial charge in [-0.05, 0) is 66.6 Å². The molecule has 0 radical (unpaired) electrons. The van der Waals surface area contributed by atoms with Crippen LogP contribution in [0, 0.1) is 0 Å². The molecule has 3 aromatic rings. The summed E-state index contributed by atoms with van der Waals surface area (Å²) in [4.78, 5) is 29.7. The molecule has 1 N–H and O–H groups in total. The molecular formula is C28H31N3O4. The van der Waals surface area contributed by atoms with E-state index in [4.69, 9.17) is 9.47 Å². The summed E-state index contributed by atoms with van der Waals surface area (Å²) in [6.45, 7) is 4.97. The van der Waals surface area contributed by atoms with Gasteiger partial charge in [-0.25, -0.2) is 0 Å². The standard InChI is InChI=1S/C28H31N3O4/c1-4-20-5-7-21(8-6-20)28(33)31-17-15-30(16-18-31)24-12-10-23(11-13-24)29-27(32)22-9-14-25(34-2)26(19-22)35-3/h5-14,19H,4,15-18H2,1-3H3,(H,29,32). The second kappa shape index (κ2) is 11.0. The third kappa shape index (κ3) is 5.57. The Bertz CT molecular complexity index is 1170. The molecule has 1 aliphatic heterocycles. The number of nitrogens with zero attached hydrogens (tertiary/aromatic N) is 2. The third-order valence-corrected chi connectivity index (χ3v) is 6.31. The van der Waals surface area contributed by atoms with Crippen LogP contribution in [0.5, 0.6) is 11.5 Å². The Hall–Kier alpha value is -4.00. The van der Waals surface area contributed by atoms with E-state index in [2.05, 4.69) is 17.1 Å². The second-order valence-corrected chi connectivity index (χ2v) is 8.40. The van der Waals surface area contributed by atoms with Crippen molar-refractivity contribution in [1.82, 2.24) is 4.90 Å². The Morgan fingerprint density at radius 3 is 2.03 bits per heavy atom. The van der Waals surface area contributed by atoms with Gasteiger partial charge >= 0.3 is 0 Å². The van der Waals surface area contributed by atoms with Gasteiger partial charge in [0.25, 0.3) is 11.8 Å². The lowest BCUT2D eigenvalue weighted by Gasteiger charge is -2.36. The Labute approximate surface area is 206 Å². The SMILES string of the molecule is CCc1ccc(C(=O)N2CCN(c3ccc(NC(=O)c4ccc(OC)c(OC)c4)cc3)CC2)cc1. The van der Waals surface area contributed by atoms with Gasteiger partial charge < -0.3 is 24.6 Å². The Morgan fingerprint density at radius 1 is 0.800 bits per heavy atom. The molecule has 0 spiro atoms. The zero-order valence-electron chi connectivity index (χ0n) is 20.4. The van der Waals surface area contributed by atoms with Crippen molar-refractivity contribution in [3.8, 4) is 11.5 Å². The highest BCUT2D eigenvalue weighted by Gasteiger charge is 2.22. The van der Waals surface area contributed by atoms with Crippen molar-refractivity contribution in [2.75, 3.05) is 50.6 Å². The van der Waals surface area contributed by atoms with Crippen LogP contribution in [0.15, 0.2) is 66.7 Å². The normalized spacial score (nSPS) is 13.3. The topological polar surface area (TPSA) is 71.1 Å². The number of methoxy groups -OCH3 is 2. The fourth-order valence-corrected chi connectivity index (χ4v) is 4.17. The lowest BCUT2D eigenvalue weighted by atomic mass is 10.1. The molecule has 0 bridgehead atoms. The second-order valence-electron chi connectivity index (χ2n) is 8.40. The highest BCUT2D eigenvalue weighted by Crippen LogP contribution is 2.28. The number of amides is 2. The van der Waals surface area contributed by atoms with Crippen LogP contribution in [0.3, 0.4) is 0 Å². The summed E-state index contributed by atoms with van der Waals surface area (Å²) >= 11 is 0. The summed E-state index contributed by atoms with van der Waals surface area (Å²) in [5, 5.41) is 2.92. The number of rotatable bonds is 7. The molecule has 2 amide bonds. The Morgan fingerprint density at radius 2 is 1.43 bits per heavy atom. The molecule has 0 aromatic heterocycles. The van der Waals surface area contributed by atoms with Gasteiger partial charge in [-0.15, -0.1) is 0 Å². The fourth-order valence-electron chi connectivity index (χ4n) is 4.17. The van der Waals surface area contributed by atoms with Crippen LogP contribution in [-0.2, 0) is 6.42 Å². The lowest BCUT2D eigenvalue weighted by Crippen LogP contribution is -2.48. The molecule has 0 saturated carbocycles. The van der Waals surface area contributed by atoms with E-state index in [1.54, 1.807) is 25.3 Å². The minimum absolute atomic E-state index is 0.0838. The number of hydrogen-bond donors (Lipinski definition) is 1. The van der Waals surface area contributed by atoms with Gasteiger partial charge in [0, 0.05) is 48.7 Å². The van der Waals surface area contributed by atoms with Gasteiger partial charge in [0.15, 0.2) is 11.5 Å². The van der Waals surface area contributed by atoms with Gasteiger partial charge in [0.2, 0.25) is 0 Å². The van der Waals surface area contributed by atoms with Crippen molar-refractivity contribution in [1.29, 1.82) is 0 Å². The highest BCUT2D eigenvalue weighted by molar-refractivity contribution is 6.04. The zero-order chi connectivity index (χ0) is 24.8. The molecule has 35 heavy (non-hydrogen) atoms. The molecule has 3 aromatic carbocycles. The van der Waals surface area contributed by atoms with Gasteiger partial charge in [-0.3, -0.25) is 9.59 Å². The molecule has 0 unspecified atom stereocenters. The van der Waals surface area contributed by atoms with E-state index in [0.717, 1.165) is 30.8 Å². The van der Waals surface area contributed by atoms with E-state index in [-0.39, 0.29) is 11.8 Å². The predicted molar refractivity (Wildman–Crippen MR) is 138 cm³/mol. The first-order valence-corrected chi connectivity index (χ1v) is 11.8. The number of aryl methyl sites for hydroxylation is 1. The van der Waals surface area contributed by atoms with Crippen LogP contribution < -0.4 is 19.7 Å². The summed E-state index contributed by atoms with van der Waals surface area (Å²) in [6, 6.07) is 20.7. The van der Waals surface area contributed by atoms with Crippen LogP contribution in [0.25, 0.3) is 0 Å². The van der Waals surface area contributed by atoms with Crippen LogP contribution in [0.4, 0.5) is 11.4 Å². The molecular weight excluding hydrogens is 442 g/mol. The van der Waals surface area contributed by atoms with Gasteiger partial charge in [0.05, 0.1) is 14.2 Å². The number of nitrogens with one attached hydrogen (secondary N) is 1. The van der Waals surface area contributed by atoms with Crippen molar-refractivity contribution in [3.63, 3.8) is 0 Å². The number of benzene rings is 3. The largest absolute Gasteiger partial charge is 0.493 e. The molecule has 4 rings (SSSR count). The van der Waals surface area contributed by atoms with Crippen LogP contribution >= 0.6 is 0 Å². The van der Waals surface area contributed by atoms with Crippen LogP contribution in [-0.4, -0.2) is 57.1 Å². The number of piperazine rings is 1. The number of ether oxygens (including phenoxy) is 2. The first-order valence-electron chi connectivity index (χ1n) is 11.8. The molecule has 7 heteroatoms. The first kappa shape index (κ1) is 24.1. The Kier molecular flexibility index (Phi) is 7.55. The van der Waals surface area contributed by atoms with E-state index in [9.17, 15) is 9.59 Å². The summed E-state index contributed by atoms with van der Waals surface area (Å²) in [5.41, 5.74) is 4.23. The smallest absolute Gasteiger partial charge is 0.255 e. The fraction of sp³-hybridized carbons (Fsp3) is 0.286. The van der Waals surface area contributed by atoms with Gasteiger partial charge in [-0.1, -0.05) is 19.1 Å². The van der Waals surface area contributed by atoms with E-state index in [1.807, 2.05) is 53.4 Å². The minimum Gasteiger partial charge on any atom is -0.493 e. The monoisotopic (exact) mass is 473 g/mol. The van der Waals surface area contributed by atoms with E-state index in [0.29, 0.717) is 35.8 Å². The molecule has 182 valence electrons. The molecule has 1 saturated heterocycles. The molecule has 0 aliphatic carbocycles. The van der Waals surface area contributed by atoms with Crippen molar-refractivity contribution in [2.45, 2.75) is 13.3 Å². The average Bonchev–Trinajstić information content (AvgIpc) is 2.92. The van der Waals surface area contributed by atoms with Crippen molar-refractivity contribution in [3.05, 3.63) is 83.4 Å². The molecule has 7 nitrogen and oxygen atoms in total. The number of carbonyl (C=O) groups is 2. The highest BCUT2D eigenvalue weighted by atomic mass is 16.5. The van der Waals surface area contributed by atoms with Gasteiger partial charge in [-0.2, -0.15) is 0 Å². The number of carbonyl (C=O) groups excluding carboxylic acids is 2. The van der Waals surface area contributed by atoms with E-state index in [1.165, 1.54) is 12.7 Å². The quantitative estimate of drug-likeness (QED) is 0.548. The number of anilines is 2. The zero-order valence-corrected chi connectivity index (χ0v) is 20.4. The number of hydrogen-bond acceptors (Lipinski definition) is 5. The lowest BCUT2D eigenvalue weighted by molar-refractivity contribution is 0.0746. The van der Waals surface area contributed by atoms with Gasteiger partial charge in [0.1, 0.15) is 0 Å². The average molecular weight is 474 g/mol. The third-order valence-electron chi connectivity index (χ3n) is 6.31. The Balaban J connectivity index is 1.33. The van der Waals surface area contributed by atoms with Crippen molar-refractivity contribution in [2.24, 2.45) is 0 Å². The maximum absolute atomic E-state index is 12.8. The van der Waals surface area contributed by atoms with Crippen LogP contribution in [0.2, 0.25) is 0 Å².